The van der Waals surface area contributed by atoms with Crippen molar-refractivity contribution < 1.29 is 8.95 Å². The lowest BCUT2D eigenvalue weighted by Crippen LogP contribution is -2.27. The van der Waals surface area contributed by atoms with Gasteiger partial charge in [-0.1, -0.05) is 0 Å². The minimum absolute atomic E-state index is 0.392. The lowest BCUT2D eigenvalue weighted by atomic mass is 10.2. The second-order valence-corrected chi connectivity index (χ2v) is 6.06. The Labute approximate surface area is 95.4 Å². The lowest BCUT2D eigenvalue weighted by Gasteiger charge is -2.21. The van der Waals surface area contributed by atoms with Crippen molar-refractivity contribution in [3.05, 3.63) is 0 Å². The van der Waals surface area contributed by atoms with Gasteiger partial charge in [-0.3, -0.25) is 4.21 Å². The van der Waals surface area contributed by atoms with Crippen LogP contribution in [0, 0.1) is 0 Å². The van der Waals surface area contributed by atoms with E-state index in [-0.39, 0.29) is 0 Å². The van der Waals surface area contributed by atoms with E-state index in [2.05, 4.69) is 12.2 Å². The molecule has 0 radical (unpaired) electrons. The summed E-state index contributed by atoms with van der Waals surface area (Å²) in [5.74, 6) is 0.858. The highest BCUT2D eigenvalue weighted by Crippen LogP contribution is 2.14. The van der Waals surface area contributed by atoms with Crippen molar-refractivity contribution in [1.29, 1.82) is 0 Å². The summed E-state index contributed by atoms with van der Waals surface area (Å²) in [5.41, 5.74) is 0. The summed E-state index contributed by atoms with van der Waals surface area (Å²) in [6.07, 6.45) is 4.14. The minimum atomic E-state index is -0.633. The first-order chi connectivity index (χ1) is 7.24. The Morgan fingerprint density at radius 2 is 2.13 bits per heavy atom. The highest BCUT2D eigenvalue weighted by molar-refractivity contribution is 7.85. The molecule has 0 bridgehead atoms. The van der Waals surface area contributed by atoms with Gasteiger partial charge in [0.05, 0.1) is 0 Å². The summed E-state index contributed by atoms with van der Waals surface area (Å²) >= 11 is 0. The molecule has 0 spiro atoms. The average molecular weight is 233 g/mol. The first kappa shape index (κ1) is 13.1. The predicted octanol–water partition coefficient (Wildman–Crippen LogP) is 1.30. The molecule has 0 aromatic carbocycles. The van der Waals surface area contributed by atoms with Crippen molar-refractivity contribution in [2.45, 2.75) is 43.9 Å². The van der Waals surface area contributed by atoms with Gasteiger partial charge < -0.3 is 10.1 Å². The fourth-order valence-electron chi connectivity index (χ4n) is 1.78. The van der Waals surface area contributed by atoms with Crippen molar-refractivity contribution >= 4 is 10.8 Å². The standard InChI is InChI=1S/C11H23NO2S/c1-10(12-2)4-3-9-15(13)11-5-7-14-8-6-11/h10-12H,3-9H2,1-2H3. The van der Waals surface area contributed by atoms with Gasteiger partial charge in [0.25, 0.3) is 0 Å². The summed E-state index contributed by atoms with van der Waals surface area (Å²) in [6, 6.07) is 0.539. The molecule has 3 nitrogen and oxygen atoms in total. The van der Waals surface area contributed by atoms with E-state index in [0.717, 1.165) is 44.6 Å². The van der Waals surface area contributed by atoms with Crippen LogP contribution in [-0.2, 0) is 15.5 Å². The van der Waals surface area contributed by atoms with Gasteiger partial charge in [-0.05, 0) is 39.7 Å². The van der Waals surface area contributed by atoms with Gasteiger partial charge in [-0.15, -0.1) is 0 Å². The molecule has 1 fully saturated rings. The maximum atomic E-state index is 11.9. The Hall–Kier alpha value is 0.0700. The quantitative estimate of drug-likeness (QED) is 0.751. The fraction of sp³-hybridized carbons (Fsp3) is 1.00. The lowest BCUT2D eigenvalue weighted by molar-refractivity contribution is 0.0992. The summed E-state index contributed by atoms with van der Waals surface area (Å²) in [6.45, 7) is 3.75. The third-order valence-electron chi connectivity index (χ3n) is 3.02. The molecule has 0 aromatic heterocycles. The van der Waals surface area contributed by atoms with Gasteiger partial charge in [-0.2, -0.15) is 0 Å². The van der Waals surface area contributed by atoms with E-state index in [1.54, 1.807) is 0 Å². The maximum Gasteiger partial charge on any atom is 0.0477 e. The van der Waals surface area contributed by atoms with E-state index in [1.807, 2.05) is 7.05 Å². The monoisotopic (exact) mass is 233 g/mol. The third-order valence-corrected chi connectivity index (χ3v) is 4.92. The van der Waals surface area contributed by atoms with Crippen LogP contribution in [0.5, 0.6) is 0 Å². The molecule has 90 valence electrons. The van der Waals surface area contributed by atoms with E-state index in [9.17, 15) is 4.21 Å². The normalized spacial score (nSPS) is 22.5. The molecule has 1 N–H and O–H groups in total. The SMILES string of the molecule is CNC(C)CCCS(=O)C1CCOCC1. The summed E-state index contributed by atoms with van der Waals surface area (Å²) < 4.78 is 17.2. The number of nitrogens with one attached hydrogen (secondary N) is 1. The van der Waals surface area contributed by atoms with Crippen LogP contribution in [0.15, 0.2) is 0 Å². The van der Waals surface area contributed by atoms with Gasteiger partial charge in [0.1, 0.15) is 0 Å². The highest BCUT2D eigenvalue weighted by Gasteiger charge is 2.19. The number of rotatable bonds is 6. The molecule has 2 unspecified atom stereocenters. The number of hydrogen-bond donors (Lipinski definition) is 1. The van der Waals surface area contributed by atoms with E-state index < -0.39 is 10.8 Å². The third kappa shape index (κ3) is 5.09. The van der Waals surface area contributed by atoms with Crippen LogP contribution in [0.2, 0.25) is 0 Å². The molecular formula is C11H23NO2S. The zero-order valence-electron chi connectivity index (χ0n) is 9.83. The van der Waals surface area contributed by atoms with Crippen LogP contribution in [0.1, 0.15) is 32.6 Å². The van der Waals surface area contributed by atoms with Crippen molar-refractivity contribution in [2.75, 3.05) is 26.0 Å². The van der Waals surface area contributed by atoms with Crippen LogP contribution in [0.4, 0.5) is 0 Å². The molecule has 1 aliphatic heterocycles. The molecule has 0 amide bonds. The molecule has 1 rings (SSSR count). The molecule has 15 heavy (non-hydrogen) atoms. The van der Waals surface area contributed by atoms with Gasteiger partial charge in [0.2, 0.25) is 0 Å². The van der Waals surface area contributed by atoms with Gasteiger partial charge in [-0.25, -0.2) is 0 Å². The molecule has 1 saturated heterocycles. The van der Waals surface area contributed by atoms with Crippen molar-refractivity contribution in [2.24, 2.45) is 0 Å². The Balaban J connectivity index is 2.12. The second kappa shape index (κ2) is 7.36. The van der Waals surface area contributed by atoms with Crippen LogP contribution < -0.4 is 5.32 Å². The Bertz CT molecular complexity index is 193. The molecule has 0 saturated carbocycles. The molecule has 0 aliphatic carbocycles. The zero-order chi connectivity index (χ0) is 11.1. The van der Waals surface area contributed by atoms with Crippen molar-refractivity contribution in [1.82, 2.24) is 5.32 Å². The molecule has 1 aliphatic rings. The summed E-state index contributed by atoms with van der Waals surface area (Å²) in [4.78, 5) is 0. The fourth-order valence-corrected chi connectivity index (χ4v) is 3.28. The predicted molar refractivity (Wildman–Crippen MR) is 64.6 cm³/mol. The van der Waals surface area contributed by atoms with Crippen molar-refractivity contribution in [3.63, 3.8) is 0 Å². The van der Waals surface area contributed by atoms with Crippen LogP contribution in [-0.4, -0.2) is 41.5 Å². The highest BCUT2D eigenvalue weighted by atomic mass is 32.2. The van der Waals surface area contributed by atoms with Gasteiger partial charge >= 0.3 is 0 Å². The maximum absolute atomic E-state index is 11.9. The zero-order valence-corrected chi connectivity index (χ0v) is 10.6. The second-order valence-electron chi connectivity index (χ2n) is 4.23. The topological polar surface area (TPSA) is 38.3 Å². The van der Waals surface area contributed by atoms with E-state index in [1.165, 1.54) is 0 Å². The van der Waals surface area contributed by atoms with Crippen LogP contribution in [0.3, 0.4) is 0 Å². The first-order valence-corrected chi connectivity index (χ1v) is 7.24. The smallest absolute Gasteiger partial charge is 0.0477 e. The van der Waals surface area contributed by atoms with Crippen LogP contribution >= 0.6 is 0 Å². The average Bonchev–Trinajstić information content (AvgIpc) is 2.29. The molecule has 4 heteroatoms. The Kier molecular flexibility index (Phi) is 6.45. The molecule has 2 atom stereocenters. The minimum Gasteiger partial charge on any atom is -0.381 e. The van der Waals surface area contributed by atoms with E-state index >= 15 is 0 Å². The Morgan fingerprint density at radius 1 is 1.47 bits per heavy atom. The number of hydrogen-bond acceptors (Lipinski definition) is 3. The largest absolute Gasteiger partial charge is 0.381 e. The molecule has 0 aromatic rings. The van der Waals surface area contributed by atoms with Gasteiger partial charge in [0, 0.05) is 41.1 Å². The van der Waals surface area contributed by atoms with E-state index in [4.69, 9.17) is 4.74 Å². The molecule has 1 heterocycles. The number of ether oxygens (including phenoxy) is 1. The van der Waals surface area contributed by atoms with Gasteiger partial charge in [0.15, 0.2) is 0 Å². The molecular weight excluding hydrogens is 210 g/mol. The van der Waals surface area contributed by atoms with Crippen molar-refractivity contribution in [3.8, 4) is 0 Å². The van der Waals surface area contributed by atoms with Crippen LogP contribution in [0.25, 0.3) is 0 Å². The summed E-state index contributed by atoms with van der Waals surface area (Å²) in [5, 5.41) is 3.59. The summed E-state index contributed by atoms with van der Waals surface area (Å²) in [7, 11) is 1.34. The van der Waals surface area contributed by atoms with E-state index in [0.29, 0.717) is 11.3 Å². The first-order valence-electron chi connectivity index (χ1n) is 5.86. The Morgan fingerprint density at radius 3 is 2.73 bits per heavy atom.